The predicted molar refractivity (Wildman–Crippen MR) is 342 cm³/mol. The van der Waals surface area contributed by atoms with Crippen LogP contribution in [0.2, 0.25) is 0 Å². The van der Waals surface area contributed by atoms with Gasteiger partial charge in [-0.05, 0) is 186 Å². The van der Waals surface area contributed by atoms with Crippen molar-refractivity contribution in [1.82, 2.24) is 0 Å². The number of fused-ring (bicyclic) bond motifs is 9. The molecule has 2 nitrogen and oxygen atoms in total. The highest BCUT2D eigenvalue weighted by Gasteiger charge is 2.21. The number of nitrogens with zero attached hydrogens (tertiary/aromatic N) is 2. The van der Waals surface area contributed by atoms with Gasteiger partial charge >= 0.3 is 0 Å². The van der Waals surface area contributed by atoms with E-state index in [1.165, 1.54) is 106 Å². The molecular weight excluding hydrogens is 981 g/mol. The Kier molecular flexibility index (Phi) is 11.4. The first kappa shape index (κ1) is 47.9. The maximum Gasteiger partial charge on any atom is 0.0476 e. The summed E-state index contributed by atoms with van der Waals surface area (Å²) in [5, 5.41) is 12.7. The summed E-state index contributed by atoms with van der Waals surface area (Å²) in [6, 6.07) is 90.9. The van der Waals surface area contributed by atoms with Crippen molar-refractivity contribution in [3.8, 4) is 22.3 Å². The molecule has 0 N–H and O–H groups in total. The van der Waals surface area contributed by atoms with Gasteiger partial charge in [-0.3, -0.25) is 0 Å². The summed E-state index contributed by atoms with van der Waals surface area (Å²) < 4.78 is 5.17. The van der Waals surface area contributed by atoms with Crippen LogP contribution in [0.15, 0.2) is 243 Å². The molecule has 4 heteroatoms. The van der Waals surface area contributed by atoms with Gasteiger partial charge in [0, 0.05) is 74.5 Å². The SMILES string of the molecule is CC(C)(C)c1ccc(N(c2ccc(-c3ccc4ccccc4c3)cc2)c2ccc3c(c2)sc2cc4cc5sc6cc(N(c7ccc(-c8ccc9ccccc9c8)cc7)c7ccc(C(C)(C)C)cc7)ccc6c5cc4cc23)cc1. The van der Waals surface area contributed by atoms with E-state index < -0.39 is 0 Å². The van der Waals surface area contributed by atoms with Gasteiger partial charge in [-0.1, -0.05) is 175 Å². The van der Waals surface area contributed by atoms with Crippen LogP contribution in [0, 0.1) is 0 Å². The fourth-order valence-corrected chi connectivity index (χ4v) is 13.8. The lowest BCUT2D eigenvalue weighted by Crippen LogP contribution is -2.13. The highest BCUT2D eigenvalue weighted by atomic mass is 32.1. The summed E-state index contributed by atoms with van der Waals surface area (Å²) in [7, 11) is 0. The molecule has 14 rings (SSSR count). The number of rotatable bonds is 8. The minimum absolute atomic E-state index is 0.0618. The third-order valence-electron chi connectivity index (χ3n) is 15.9. The lowest BCUT2D eigenvalue weighted by atomic mass is 9.87. The van der Waals surface area contributed by atoms with Crippen molar-refractivity contribution >= 4 is 129 Å². The number of hydrogen-bond acceptors (Lipinski definition) is 4. The molecule has 2 heterocycles. The summed E-state index contributed by atoms with van der Waals surface area (Å²) in [5.41, 5.74) is 14.4. The molecule has 12 aromatic carbocycles. The Labute approximate surface area is 464 Å². The Hall–Kier alpha value is -8.54. The zero-order chi connectivity index (χ0) is 52.9. The fraction of sp³-hybridized carbons (Fsp3) is 0.108. The average molecular weight is 1040 g/mol. The average Bonchev–Trinajstić information content (AvgIpc) is 4.03. The third kappa shape index (κ3) is 8.66. The van der Waals surface area contributed by atoms with Crippen molar-refractivity contribution in [2.45, 2.75) is 52.4 Å². The first-order valence-electron chi connectivity index (χ1n) is 27.1. The molecule has 14 aromatic rings. The van der Waals surface area contributed by atoms with Crippen LogP contribution < -0.4 is 9.80 Å². The van der Waals surface area contributed by atoms with E-state index in [2.05, 4.69) is 294 Å². The monoisotopic (exact) mass is 1040 g/mol. The molecule has 0 spiro atoms. The molecule has 0 amide bonds. The second-order valence-electron chi connectivity index (χ2n) is 23.1. The molecule has 0 aliphatic carbocycles. The number of thiophene rings is 2. The second kappa shape index (κ2) is 18.6. The van der Waals surface area contributed by atoms with Crippen LogP contribution in [-0.2, 0) is 10.8 Å². The molecule has 2 aromatic heterocycles. The molecule has 0 saturated heterocycles. The van der Waals surface area contributed by atoms with Gasteiger partial charge in [-0.25, -0.2) is 0 Å². The fourth-order valence-electron chi connectivity index (χ4n) is 11.5. The predicted octanol–water partition coefficient (Wildman–Crippen LogP) is 22.8. The molecule has 78 heavy (non-hydrogen) atoms. The third-order valence-corrected chi connectivity index (χ3v) is 18.1. The maximum absolute atomic E-state index is 2.43. The Bertz CT molecular complexity index is 4310. The molecule has 376 valence electrons. The van der Waals surface area contributed by atoms with Gasteiger partial charge in [0.05, 0.1) is 0 Å². The first-order valence-corrected chi connectivity index (χ1v) is 28.7. The number of benzene rings is 12. The van der Waals surface area contributed by atoms with Gasteiger partial charge in [0.15, 0.2) is 0 Å². The van der Waals surface area contributed by atoms with Crippen molar-refractivity contribution in [2.24, 2.45) is 0 Å². The van der Waals surface area contributed by atoms with Gasteiger partial charge in [0.2, 0.25) is 0 Å². The summed E-state index contributed by atoms with van der Waals surface area (Å²) in [5.74, 6) is 0. The van der Waals surface area contributed by atoms with E-state index in [9.17, 15) is 0 Å². The Morgan fingerprint density at radius 2 is 0.564 bits per heavy atom. The highest BCUT2D eigenvalue weighted by molar-refractivity contribution is 7.26. The molecule has 0 bridgehead atoms. The quantitative estimate of drug-likeness (QED) is 0.150. The van der Waals surface area contributed by atoms with E-state index in [-0.39, 0.29) is 10.8 Å². The Morgan fingerprint density at radius 3 is 0.949 bits per heavy atom. The second-order valence-corrected chi connectivity index (χ2v) is 25.3. The summed E-state index contributed by atoms with van der Waals surface area (Å²) in [6.07, 6.45) is 0. The Morgan fingerprint density at radius 1 is 0.244 bits per heavy atom. The summed E-state index contributed by atoms with van der Waals surface area (Å²) >= 11 is 3.78. The zero-order valence-electron chi connectivity index (χ0n) is 44.8. The molecule has 0 radical (unpaired) electrons. The summed E-state index contributed by atoms with van der Waals surface area (Å²) in [6.45, 7) is 13.7. The van der Waals surface area contributed by atoms with Gasteiger partial charge < -0.3 is 9.80 Å². The van der Waals surface area contributed by atoms with Crippen molar-refractivity contribution in [1.29, 1.82) is 0 Å². The molecular formula is C74H58N2S2. The van der Waals surface area contributed by atoms with Crippen molar-refractivity contribution in [3.05, 3.63) is 254 Å². The van der Waals surface area contributed by atoms with Gasteiger partial charge in [-0.15, -0.1) is 22.7 Å². The van der Waals surface area contributed by atoms with Crippen LogP contribution in [0.5, 0.6) is 0 Å². The van der Waals surface area contributed by atoms with Gasteiger partial charge in [0.25, 0.3) is 0 Å². The lowest BCUT2D eigenvalue weighted by molar-refractivity contribution is 0.590. The van der Waals surface area contributed by atoms with Gasteiger partial charge in [-0.2, -0.15) is 0 Å². The molecule has 0 fully saturated rings. The van der Waals surface area contributed by atoms with E-state index in [0.29, 0.717) is 0 Å². The molecule has 0 aliphatic rings. The minimum atomic E-state index is 0.0618. The van der Waals surface area contributed by atoms with Crippen molar-refractivity contribution in [3.63, 3.8) is 0 Å². The van der Waals surface area contributed by atoms with Crippen molar-refractivity contribution in [2.75, 3.05) is 9.80 Å². The molecule has 0 unspecified atom stereocenters. The lowest BCUT2D eigenvalue weighted by Gasteiger charge is -2.27. The topological polar surface area (TPSA) is 6.48 Å². The van der Waals surface area contributed by atoms with E-state index in [1.54, 1.807) is 0 Å². The van der Waals surface area contributed by atoms with Crippen LogP contribution in [0.1, 0.15) is 52.7 Å². The molecule has 0 saturated carbocycles. The van der Waals surface area contributed by atoms with Crippen LogP contribution in [0.4, 0.5) is 34.1 Å². The standard InChI is InChI=1S/C74H58N2S2/c1-73(2,3)57-23-31-61(32-24-57)75(59-27-19-49(20-28-59)53-17-15-47-11-7-9-13-51(47)39-53)63-35-37-65-67-41-55-42-68-66-38-36-64(46-72(66)78-70(68)44-56(55)43-69(67)77-71(65)45-63)76(62-33-25-58(26-34-62)74(4,5)6)60-29-21-50(22-30-60)54-18-16-48-12-8-10-14-52(48)40-54/h7-46H,1-6H3. The highest BCUT2D eigenvalue weighted by Crippen LogP contribution is 2.46. The first-order chi connectivity index (χ1) is 37.8. The molecule has 0 atom stereocenters. The van der Waals surface area contributed by atoms with Crippen molar-refractivity contribution < 1.29 is 0 Å². The van der Waals surface area contributed by atoms with E-state index >= 15 is 0 Å². The zero-order valence-corrected chi connectivity index (χ0v) is 46.4. The van der Waals surface area contributed by atoms with E-state index in [0.717, 1.165) is 34.1 Å². The van der Waals surface area contributed by atoms with E-state index in [4.69, 9.17) is 0 Å². The number of anilines is 6. The van der Waals surface area contributed by atoms with Crippen LogP contribution in [0.25, 0.3) is 94.9 Å². The number of hydrogen-bond donors (Lipinski definition) is 0. The van der Waals surface area contributed by atoms with E-state index in [1.807, 2.05) is 22.7 Å². The summed E-state index contributed by atoms with van der Waals surface area (Å²) in [4.78, 5) is 4.82. The van der Waals surface area contributed by atoms with Crippen LogP contribution in [-0.4, -0.2) is 0 Å². The maximum atomic E-state index is 2.43. The largest absolute Gasteiger partial charge is 0.310 e. The molecule has 0 aliphatic heterocycles. The van der Waals surface area contributed by atoms with Crippen LogP contribution in [0.3, 0.4) is 0 Å². The van der Waals surface area contributed by atoms with Crippen LogP contribution >= 0.6 is 22.7 Å². The smallest absolute Gasteiger partial charge is 0.0476 e. The minimum Gasteiger partial charge on any atom is -0.310 e. The Balaban J connectivity index is 0.816. The van der Waals surface area contributed by atoms with Gasteiger partial charge in [0.1, 0.15) is 0 Å². The normalized spacial score (nSPS) is 12.2.